The lowest BCUT2D eigenvalue weighted by molar-refractivity contribution is 0.0716. The van der Waals surface area contributed by atoms with Gasteiger partial charge in [0.1, 0.15) is 12.3 Å². The van der Waals surface area contributed by atoms with Crippen molar-refractivity contribution in [3.05, 3.63) is 29.6 Å². The Balaban J connectivity index is 2.80. The molecule has 1 amide bonds. The van der Waals surface area contributed by atoms with Crippen LogP contribution in [0.1, 0.15) is 29.4 Å². The number of carbonyl (C=O) groups is 1. The van der Waals surface area contributed by atoms with Crippen molar-refractivity contribution in [2.45, 2.75) is 13.3 Å². The molecule has 1 aromatic heterocycles. The molecule has 1 rings (SSSR count). The van der Waals surface area contributed by atoms with Crippen LogP contribution >= 0.6 is 0 Å². The summed E-state index contributed by atoms with van der Waals surface area (Å²) in [6.45, 7) is 2.60. The van der Waals surface area contributed by atoms with Gasteiger partial charge in [0, 0.05) is 24.8 Å². The molecule has 0 atom stereocenters. The quantitative estimate of drug-likeness (QED) is 0.747. The summed E-state index contributed by atoms with van der Waals surface area (Å²) in [6, 6.07) is 3.29. The van der Waals surface area contributed by atoms with Crippen LogP contribution in [0, 0.1) is 11.8 Å². The summed E-state index contributed by atoms with van der Waals surface area (Å²) in [7, 11) is 0. The van der Waals surface area contributed by atoms with E-state index in [-0.39, 0.29) is 19.1 Å². The maximum Gasteiger partial charge on any atom is 0.272 e. The predicted molar refractivity (Wildman–Crippen MR) is 71.5 cm³/mol. The molecule has 0 aromatic carbocycles. The third-order valence-electron chi connectivity index (χ3n) is 2.45. The van der Waals surface area contributed by atoms with Gasteiger partial charge in [0.25, 0.3) is 5.91 Å². The average molecular weight is 262 g/mol. The van der Waals surface area contributed by atoms with Crippen molar-refractivity contribution in [3.63, 3.8) is 0 Å². The number of amides is 1. The van der Waals surface area contributed by atoms with Crippen LogP contribution in [0.4, 0.5) is 0 Å². The van der Waals surface area contributed by atoms with Crippen molar-refractivity contribution in [2.75, 3.05) is 26.3 Å². The zero-order valence-electron chi connectivity index (χ0n) is 11.0. The molecule has 102 valence electrons. The molecular formula is C14H18N2O3. The van der Waals surface area contributed by atoms with Crippen molar-refractivity contribution in [1.82, 2.24) is 9.88 Å². The van der Waals surface area contributed by atoms with E-state index >= 15 is 0 Å². The monoisotopic (exact) mass is 262 g/mol. The second kappa shape index (κ2) is 8.25. The SMILES string of the molecule is CCCN(CCO)C(=O)c1ccc(C#CCO)cn1. The van der Waals surface area contributed by atoms with Gasteiger partial charge in [0.15, 0.2) is 0 Å². The molecule has 0 bridgehead atoms. The van der Waals surface area contributed by atoms with Crippen molar-refractivity contribution in [3.8, 4) is 11.8 Å². The van der Waals surface area contributed by atoms with Gasteiger partial charge in [-0.15, -0.1) is 0 Å². The molecule has 0 fully saturated rings. The Labute approximate surface area is 112 Å². The van der Waals surface area contributed by atoms with E-state index in [9.17, 15) is 4.79 Å². The summed E-state index contributed by atoms with van der Waals surface area (Å²) in [4.78, 5) is 17.8. The first-order valence-electron chi connectivity index (χ1n) is 6.18. The van der Waals surface area contributed by atoms with E-state index in [0.717, 1.165) is 6.42 Å². The number of aromatic nitrogens is 1. The average Bonchev–Trinajstić information content (AvgIpc) is 2.44. The molecule has 0 saturated heterocycles. The fourth-order valence-corrected chi connectivity index (χ4v) is 1.60. The third kappa shape index (κ3) is 4.70. The Morgan fingerprint density at radius 2 is 2.16 bits per heavy atom. The highest BCUT2D eigenvalue weighted by Crippen LogP contribution is 2.04. The van der Waals surface area contributed by atoms with Crippen LogP contribution in [0.15, 0.2) is 18.3 Å². The van der Waals surface area contributed by atoms with E-state index in [2.05, 4.69) is 16.8 Å². The smallest absolute Gasteiger partial charge is 0.272 e. The number of carbonyl (C=O) groups excluding carboxylic acids is 1. The lowest BCUT2D eigenvalue weighted by Crippen LogP contribution is -2.34. The van der Waals surface area contributed by atoms with Gasteiger partial charge in [-0.3, -0.25) is 4.79 Å². The van der Waals surface area contributed by atoms with Crippen LogP contribution < -0.4 is 0 Å². The molecule has 0 spiro atoms. The van der Waals surface area contributed by atoms with Crippen molar-refractivity contribution >= 4 is 5.91 Å². The summed E-state index contributed by atoms with van der Waals surface area (Å²) in [5.41, 5.74) is 0.978. The highest BCUT2D eigenvalue weighted by molar-refractivity contribution is 5.92. The number of rotatable bonds is 5. The molecule has 0 unspecified atom stereocenters. The van der Waals surface area contributed by atoms with Crippen LogP contribution in [-0.2, 0) is 0 Å². The highest BCUT2D eigenvalue weighted by Gasteiger charge is 2.15. The molecule has 0 aliphatic heterocycles. The van der Waals surface area contributed by atoms with Crippen LogP contribution in [0.2, 0.25) is 0 Å². The number of nitrogens with zero attached hydrogens (tertiary/aromatic N) is 2. The van der Waals surface area contributed by atoms with Gasteiger partial charge in [0.2, 0.25) is 0 Å². The van der Waals surface area contributed by atoms with Gasteiger partial charge in [-0.05, 0) is 18.6 Å². The topological polar surface area (TPSA) is 73.7 Å². The molecule has 19 heavy (non-hydrogen) atoms. The molecule has 0 aliphatic rings. The van der Waals surface area contributed by atoms with E-state index in [1.54, 1.807) is 17.0 Å². The summed E-state index contributed by atoms with van der Waals surface area (Å²) in [5.74, 6) is 5.03. The van der Waals surface area contributed by atoms with Gasteiger partial charge in [-0.2, -0.15) is 0 Å². The molecule has 5 nitrogen and oxygen atoms in total. The first-order chi connectivity index (χ1) is 9.22. The Bertz CT molecular complexity index is 454. The van der Waals surface area contributed by atoms with E-state index in [1.807, 2.05) is 6.92 Å². The minimum Gasteiger partial charge on any atom is -0.395 e. The third-order valence-corrected chi connectivity index (χ3v) is 2.45. The minimum absolute atomic E-state index is 0.0637. The summed E-state index contributed by atoms with van der Waals surface area (Å²) < 4.78 is 0. The summed E-state index contributed by atoms with van der Waals surface area (Å²) >= 11 is 0. The van der Waals surface area contributed by atoms with Crippen molar-refractivity contribution in [2.24, 2.45) is 0 Å². The molecular weight excluding hydrogens is 244 g/mol. The lowest BCUT2D eigenvalue weighted by atomic mass is 10.2. The van der Waals surface area contributed by atoms with Crippen LogP contribution in [0.3, 0.4) is 0 Å². The molecule has 5 heteroatoms. The van der Waals surface area contributed by atoms with E-state index in [0.29, 0.717) is 24.3 Å². The minimum atomic E-state index is -0.207. The Morgan fingerprint density at radius 3 is 2.68 bits per heavy atom. The first-order valence-corrected chi connectivity index (χ1v) is 6.18. The van der Waals surface area contributed by atoms with E-state index < -0.39 is 0 Å². The number of hydrogen-bond donors (Lipinski definition) is 2. The van der Waals surface area contributed by atoms with Crippen LogP contribution in [-0.4, -0.2) is 52.3 Å². The fraction of sp³-hybridized carbons (Fsp3) is 0.429. The second-order valence-corrected chi connectivity index (χ2v) is 3.91. The highest BCUT2D eigenvalue weighted by atomic mass is 16.3. The first kappa shape index (κ1) is 15.2. The predicted octanol–water partition coefficient (Wildman–Crippen LogP) is 0.270. The number of aliphatic hydroxyl groups excluding tert-OH is 2. The lowest BCUT2D eigenvalue weighted by Gasteiger charge is -2.20. The zero-order chi connectivity index (χ0) is 14.1. The summed E-state index contributed by atoms with van der Waals surface area (Å²) in [5, 5.41) is 17.5. The van der Waals surface area contributed by atoms with Gasteiger partial charge < -0.3 is 15.1 Å². The van der Waals surface area contributed by atoms with Crippen LogP contribution in [0.5, 0.6) is 0 Å². The van der Waals surface area contributed by atoms with Crippen LogP contribution in [0.25, 0.3) is 0 Å². The number of aliphatic hydroxyl groups is 2. The Hall–Kier alpha value is -1.90. The maximum atomic E-state index is 12.1. The van der Waals surface area contributed by atoms with Crippen molar-refractivity contribution < 1.29 is 15.0 Å². The van der Waals surface area contributed by atoms with Gasteiger partial charge in [-0.25, -0.2) is 4.98 Å². The van der Waals surface area contributed by atoms with Gasteiger partial charge in [-0.1, -0.05) is 18.8 Å². The molecule has 2 N–H and O–H groups in total. The molecule has 0 radical (unpaired) electrons. The standard InChI is InChI=1S/C14H18N2O3/c1-2-7-16(8-10-18)14(19)13-6-5-12(11-15-13)4-3-9-17/h5-6,11,17-18H,2,7-10H2,1H3. The number of pyridine rings is 1. The van der Waals surface area contributed by atoms with Crippen molar-refractivity contribution in [1.29, 1.82) is 0 Å². The molecule has 1 aromatic rings. The molecule has 0 saturated carbocycles. The van der Waals surface area contributed by atoms with E-state index in [4.69, 9.17) is 10.2 Å². The largest absolute Gasteiger partial charge is 0.395 e. The number of hydrogen-bond acceptors (Lipinski definition) is 4. The normalized spacial score (nSPS) is 9.63. The van der Waals surface area contributed by atoms with E-state index in [1.165, 1.54) is 6.20 Å². The fourth-order valence-electron chi connectivity index (χ4n) is 1.60. The van der Waals surface area contributed by atoms with Gasteiger partial charge >= 0.3 is 0 Å². The maximum absolute atomic E-state index is 12.1. The Kier molecular flexibility index (Phi) is 6.58. The van der Waals surface area contributed by atoms with Gasteiger partial charge in [0.05, 0.1) is 6.61 Å². The Morgan fingerprint density at radius 1 is 1.37 bits per heavy atom. The summed E-state index contributed by atoms with van der Waals surface area (Å²) in [6.07, 6.45) is 2.32. The zero-order valence-corrected chi connectivity index (χ0v) is 11.0. The molecule has 0 aliphatic carbocycles. The second-order valence-electron chi connectivity index (χ2n) is 3.91. The molecule has 1 heterocycles.